The summed E-state index contributed by atoms with van der Waals surface area (Å²) in [6.07, 6.45) is -1.63. The second-order valence-electron chi connectivity index (χ2n) is 33.7. The van der Waals surface area contributed by atoms with Crippen LogP contribution in [-0.4, -0.2) is 339 Å². The number of carboxylic acid groups (broad SMARTS) is 2. The monoisotopic (exact) mass is 1900 g/mol. The minimum Gasteiger partial charge on any atom is -0.508 e. The first kappa shape index (κ1) is 105. The molecule has 730 valence electrons. The number of carbonyl (C=O) groups excluding carboxylic acids is 17. The highest BCUT2D eigenvalue weighted by Gasteiger charge is 2.47. The number of unbranched alkanes of at least 4 members (excludes halogenated alkanes) is 1. The molecule has 3 aliphatic heterocycles. The molecule has 3 fully saturated rings. The highest BCUT2D eigenvalue weighted by atomic mass is 32.2. The zero-order chi connectivity index (χ0) is 98.6. The van der Waals surface area contributed by atoms with E-state index < -0.39 is 285 Å². The lowest BCUT2D eigenvalue weighted by Crippen LogP contribution is -2.61. The number of aromatic amines is 3. The fourth-order valence-electron chi connectivity index (χ4n) is 16.5. The molecular weight excluding hydrogens is 1780 g/mol. The maximum atomic E-state index is 15.7. The summed E-state index contributed by atoms with van der Waals surface area (Å²) in [7, 11) is 4.94. The van der Waals surface area contributed by atoms with Crippen LogP contribution in [0.5, 0.6) is 5.75 Å². The standard InChI is InChI=1S/C89H118N20O25S/c1-7-8-18-67-83(127)98-59(25-27-75(117)118)80(124)104-66(79(123)95-41-73(91)115)44-135-45-74(116)97-62(31-48-20-22-53(111)23-21-48)85(129)105(3)47(2)77(121)101-64(37-76(119)120)88(132)108-29-13-19-68(108)84(128)100-61(35-52-40-92-46-96-52)81(125)99-60(24-26-72(90)114)87(131)109-42-54(112)36-70(109)71(113)34-49(32-50-38-93-57-16-11-9-14-55(50)57)78(122)103-65(43-110)82(126)102-63(33-51-39-94-58-17-12-10-15-56(51)58)86(130)107(5)69(28-30-134-6)89(133)106(67)4/h9-12,14-17,20-23,38-40,46-47,49,54,59-70,93-94,110-112H,7-8,13,18-19,24-37,41-45H2,1-6H3,(H2,90,114)(H2,91,115)(H,92,96)(H,95,123)(H,97,116)(H,98,127)(H,99,125)(H,100,128)(H,101,121)(H,102,126)(H,103,122)(H,104,124)(H,117,118)(H,119,120)/t47-,49+,54+,59-,60-,61-,62-,63-,64-,65-,66-,67-,68-,69-,70-/m0/s1. The van der Waals surface area contributed by atoms with Gasteiger partial charge < -0.3 is 129 Å². The van der Waals surface area contributed by atoms with Gasteiger partial charge in [-0.15, -0.1) is 11.8 Å². The van der Waals surface area contributed by atoms with Gasteiger partial charge in [0.25, 0.3) is 0 Å². The molecule has 6 aromatic rings. The molecule has 3 aromatic heterocycles. The number of Topliss-reactive ketones (excluding diaryl/α,β-unsaturated/α-hetero) is 1. The number of nitrogens with zero attached hydrogens (tertiary/aromatic N) is 6. The molecule has 3 saturated heterocycles. The first-order chi connectivity index (χ1) is 64.3. The van der Waals surface area contributed by atoms with Crippen molar-refractivity contribution in [2.24, 2.45) is 17.4 Å². The first-order valence-corrected chi connectivity index (χ1v) is 45.3. The van der Waals surface area contributed by atoms with Crippen LogP contribution in [0.1, 0.15) is 120 Å². The van der Waals surface area contributed by atoms with Crippen LogP contribution in [0.2, 0.25) is 0 Å². The zero-order valence-corrected chi connectivity index (χ0v) is 76.3. The molecule has 16 amide bonds. The number of phenols is 1. The number of aliphatic carboxylic acids is 2. The minimum atomic E-state index is -1.96. The van der Waals surface area contributed by atoms with E-state index >= 15 is 38.4 Å². The number of likely N-dealkylation sites (N-methyl/N-ethyl adjacent to an activating group) is 3. The first-order valence-electron chi connectivity index (χ1n) is 44.1. The number of aromatic nitrogens is 4. The van der Waals surface area contributed by atoms with Gasteiger partial charge in [0.15, 0.2) is 5.78 Å². The smallest absolute Gasteiger partial charge is 0.305 e. The number of H-pyrrole nitrogens is 3. The average Bonchev–Trinajstić information content (AvgIpc) is 1.60. The van der Waals surface area contributed by atoms with Gasteiger partial charge in [-0.3, -0.25) is 91.1 Å². The maximum absolute atomic E-state index is 15.7. The number of methoxy groups -OCH3 is 1. The fourth-order valence-corrected chi connectivity index (χ4v) is 17.3. The third-order valence-corrected chi connectivity index (χ3v) is 25.0. The summed E-state index contributed by atoms with van der Waals surface area (Å²) in [6, 6.07) is -2.73. The van der Waals surface area contributed by atoms with Crippen LogP contribution >= 0.6 is 11.8 Å². The van der Waals surface area contributed by atoms with Crippen LogP contribution in [0.3, 0.4) is 0 Å². The molecule has 0 aliphatic carbocycles. The second-order valence-corrected chi connectivity index (χ2v) is 34.7. The van der Waals surface area contributed by atoms with Crippen molar-refractivity contribution in [3.63, 3.8) is 0 Å². The van der Waals surface area contributed by atoms with Crippen molar-refractivity contribution >= 4 is 146 Å². The van der Waals surface area contributed by atoms with Crippen LogP contribution in [-0.2, 0) is 122 Å². The van der Waals surface area contributed by atoms with E-state index in [-0.39, 0.29) is 76.0 Å². The van der Waals surface area contributed by atoms with E-state index in [1.165, 1.54) is 64.9 Å². The van der Waals surface area contributed by atoms with E-state index in [1.54, 1.807) is 67.8 Å². The van der Waals surface area contributed by atoms with Gasteiger partial charge in [0, 0.05) is 151 Å². The number of primary amides is 2. The van der Waals surface area contributed by atoms with E-state index in [4.69, 9.17) is 16.2 Å². The van der Waals surface area contributed by atoms with E-state index in [2.05, 4.69) is 67.8 Å². The van der Waals surface area contributed by atoms with Crippen molar-refractivity contribution in [2.75, 3.05) is 72.6 Å². The average molecular weight is 1900 g/mol. The van der Waals surface area contributed by atoms with E-state index in [0.29, 0.717) is 56.7 Å². The molecule has 3 aromatic carbocycles. The lowest BCUT2D eigenvalue weighted by atomic mass is 9.90. The highest BCUT2D eigenvalue weighted by molar-refractivity contribution is 8.00. The number of aliphatic hydroxyl groups is 2. The molecule has 3 aliphatic rings. The number of imidazole rings is 1. The molecule has 6 heterocycles. The number of amides is 16. The molecule has 0 radical (unpaired) electrons. The van der Waals surface area contributed by atoms with Gasteiger partial charge in [0.05, 0.1) is 49.5 Å². The van der Waals surface area contributed by atoms with E-state index in [0.717, 1.165) is 31.5 Å². The van der Waals surface area contributed by atoms with Crippen molar-refractivity contribution < 1.29 is 121 Å². The van der Waals surface area contributed by atoms with Gasteiger partial charge in [-0.05, 0) is 86.4 Å². The van der Waals surface area contributed by atoms with Crippen LogP contribution in [0.15, 0.2) is 97.7 Å². The Labute approximate surface area is 779 Å². The third-order valence-electron chi connectivity index (χ3n) is 24.0. The Bertz CT molecular complexity index is 5280. The number of aliphatic hydroxyl groups excluding tert-OH is 2. The number of aromatic hydroxyl groups is 1. The normalized spacial score (nSPS) is 24.8. The summed E-state index contributed by atoms with van der Waals surface area (Å²) in [5.74, 6) is -23.3. The maximum Gasteiger partial charge on any atom is 0.305 e. The van der Waals surface area contributed by atoms with Gasteiger partial charge in [-0.25, -0.2) is 4.98 Å². The quantitative estimate of drug-likeness (QED) is 0.0250. The molecule has 0 saturated carbocycles. The van der Waals surface area contributed by atoms with Crippen LogP contribution in [0.25, 0.3) is 21.8 Å². The highest BCUT2D eigenvalue weighted by Crippen LogP contribution is 2.30. The van der Waals surface area contributed by atoms with Crippen molar-refractivity contribution in [2.45, 2.75) is 208 Å². The Hall–Kier alpha value is -13.9. The number of ketones is 1. The largest absolute Gasteiger partial charge is 0.508 e. The predicted octanol–water partition coefficient (Wildman–Crippen LogP) is -3.57. The SMILES string of the molecule is CCCC[C@H]1C(=O)N[C@@H](CCC(=O)O)C(=O)N[C@H](C(=O)NCC(N)=O)CSCC(=O)N[C@@H](Cc2ccc(O)cc2)C(=O)N(C)[C@@H](C)C(=O)N[C@@H](CC(=O)O)C(=O)N2CCC[C@H]2C(=O)N[C@@H](Cc2c[nH]cn2)C(=O)N[C@@H](CCC(N)=O)C(=O)N2C[C@H](O)C[C@H]2C(=O)C[C@@H](Cc2c[nH]c3ccccc23)C(=O)N[C@@H](CO)C(=O)N[C@@H](Cc2c[nH]c3ccccc23)C(=O)N(C)[C@@H](CCOC)C(=O)N1C. The lowest BCUT2D eigenvalue weighted by Gasteiger charge is -2.36. The van der Waals surface area contributed by atoms with Gasteiger partial charge in [-0.2, -0.15) is 0 Å². The number of fused-ring (bicyclic) bond motifs is 4. The van der Waals surface area contributed by atoms with Crippen LogP contribution < -0.4 is 59.3 Å². The number of hydrogen-bond donors (Lipinski definition) is 19. The minimum absolute atomic E-state index is 0.102. The molecule has 0 spiro atoms. The molecule has 135 heavy (non-hydrogen) atoms. The molecule has 21 N–H and O–H groups in total. The van der Waals surface area contributed by atoms with E-state index in [9.17, 15) is 78.3 Å². The molecule has 9 rings (SSSR count). The van der Waals surface area contributed by atoms with Gasteiger partial charge in [-0.1, -0.05) is 68.3 Å². The van der Waals surface area contributed by atoms with Gasteiger partial charge in [0.1, 0.15) is 78.3 Å². The molecular formula is C89H118N20O25S. The number of benzene rings is 3. The third kappa shape index (κ3) is 29.1. The topological polar surface area (TPSA) is 671 Å². The molecule has 15 atom stereocenters. The number of rotatable bonds is 26. The number of thioether (sulfide) groups is 1. The Kier molecular flexibility index (Phi) is 38.6. The van der Waals surface area contributed by atoms with Crippen LogP contribution in [0.4, 0.5) is 0 Å². The molecule has 0 bridgehead atoms. The molecule has 45 nitrogen and oxygen atoms in total. The number of phenolic OH excluding ortho intramolecular Hbond substituents is 1. The zero-order valence-electron chi connectivity index (χ0n) is 75.5. The second kappa shape index (κ2) is 49.7. The van der Waals surface area contributed by atoms with Crippen molar-refractivity contribution in [3.05, 3.63) is 120 Å². The Morgan fingerprint density at radius 3 is 1.78 bits per heavy atom. The van der Waals surface area contributed by atoms with Gasteiger partial charge >= 0.3 is 11.9 Å². The van der Waals surface area contributed by atoms with Gasteiger partial charge in [0.2, 0.25) is 94.5 Å². The number of carbonyl (C=O) groups is 19. The Morgan fingerprint density at radius 2 is 1.16 bits per heavy atom. The fraction of sp³-hybridized carbons (Fsp3) is 0.506. The number of nitrogens with two attached hydrogens (primary N) is 2. The Morgan fingerprint density at radius 1 is 0.570 bits per heavy atom. The molecule has 0 unspecified atom stereocenters. The number of para-hydroxylation sites is 2. The van der Waals surface area contributed by atoms with Crippen molar-refractivity contribution in [3.8, 4) is 5.75 Å². The lowest BCUT2D eigenvalue weighted by molar-refractivity contribution is -0.150. The summed E-state index contributed by atoms with van der Waals surface area (Å²) in [5.41, 5.74) is 13.7. The summed E-state index contributed by atoms with van der Waals surface area (Å²) in [5, 5.41) is 77.0. The van der Waals surface area contributed by atoms with Crippen molar-refractivity contribution in [1.29, 1.82) is 0 Å². The predicted molar refractivity (Wildman–Crippen MR) is 483 cm³/mol. The summed E-state index contributed by atoms with van der Waals surface area (Å²) in [4.78, 5) is 292. The summed E-state index contributed by atoms with van der Waals surface area (Å²) < 4.78 is 5.46. The number of nitrogens with one attached hydrogen (secondary N) is 12. The number of ether oxygens (including phenoxy) is 1. The Balaban J connectivity index is 1.10. The summed E-state index contributed by atoms with van der Waals surface area (Å²) in [6.45, 7) is 0.0520. The molecule has 46 heteroatoms. The number of hydrogen-bond acceptors (Lipinski definition) is 25. The summed E-state index contributed by atoms with van der Waals surface area (Å²) >= 11 is 0.678. The van der Waals surface area contributed by atoms with Crippen molar-refractivity contribution in [1.82, 2.24) is 92.3 Å². The van der Waals surface area contributed by atoms with E-state index in [1.807, 2.05) is 0 Å². The number of carboxylic acids is 2. The van der Waals surface area contributed by atoms with Crippen LogP contribution in [0, 0.1) is 5.92 Å².